The number of nitrogens with two attached hydrogens (primary N) is 1. The van der Waals surface area contributed by atoms with Gasteiger partial charge in [0, 0.05) is 22.6 Å². The number of hydrogen-bond donors (Lipinski definition) is 2. The number of amides is 3. The second kappa shape index (κ2) is 10.1. The number of alkyl halides is 1. The van der Waals surface area contributed by atoms with Gasteiger partial charge in [-0.25, -0.2) is 8.78 Å². The van der Waals surface area contributed by atoms with Crippen molar-refractivity contribution in [2.45, 2.75) is 29.9 Å². The van der Waals surface area contributed by atoms with Crippen molar-refractivity contribution in [3.63, 3.8) is 0 Å². The highest BCUT2D eigenvalue weighted by molar-refractivity contribution is 8.03. The van der Waals surface area contributed by atoms with Crippen molar-refractivity contribution in [3.05, 3.63) is 64.8 Å². The van der Waals surface area contributed by atoms with Crippen LogP contribution in [-0.4, -0.2) is 69.9 Å². The highest BCUT2D eigenvalue weighted by Crippen LogP contribution is 2.35. The van der Waals surface area contributed by atoms with E-state index in [4.69, 9.17) is 17.3 Å². The van der Waals surface area contributed by atoms with Crippen LogP contribution in [0.2, 0.25) is 5.02 Å². The Morgan fingerprint density at radius 1 is 1.16 bits per heavy atom. The molecule has 0 radical (unpaired) electrons. The van der Waals surface area contributed by atoms with Gasteiger partial charge in [0.1, 0.15) is 24.5 Å². The summed E-state index contributed by atoms with van der Waals surface area (Å²) in [5.41, 5.74) is 6.11. The summed E-state index contributed by atoms with van der Waals surface area (Å²) in [5.74, 6) is -2.62. The third-order valence-corrected chi connectivity index (χ3v) is 7.94. The Kier molecular flexibility index (Phi) is 6.91. The molecule has 2 aromatic rings. The molecule has 37 heavy (non-hydrogen) atoms. The molecule has 1 saturated heterocycles. The molecule has 0 bridgehead atoms. The second-order valence-corrected chi connectivity index (χ2v) is 10.3. The minimum Gasteiger partial charge on any atom is -0.364 e. The van der Waals surface area contributed by atoms with Crippen LogP contribution in [0.4, 0.5) is 14.5 Å². The highest BCUT2D eigenvalue weighted by Gasteiger charge is 2.44. The van der Waals surface area contributed by atoms with Gasteiger partial charge in [-0.3, -0.25) is 19.4 Å². The molecule has 4 atom stereocenters. The molecule has 3 N–H and O–H groups in total. The average Bonchev–Trinajstić information content (AvgIpc) is 3.57. The molecule has 2 unspecified atom stereocenters. The predicted molar refractivity (Wildman–Crippen MR) is 138 cm³/mol. The van der Waals surface area contributed by atoms with Crippen molar-refractivity contribution in [2.24, 2.45) is 10.8 Å². The normalized spacial score (nSPS) is 24.2. The Balaban J connectivity index is 1.32. The topological polar surface area (TPSA) is 108 Å². The van der Waals surface area contributed by atoms with Crippen molar-refractivity contribution in [1.29, 1.82) is 0 Å². The van der Waals surface area contributed by atoms with Crippen LogP contribution in [-0.2, 0) is 14.4 Å². The predicted octanol–water partition coefficient (Wildman–Crippen LogP) is 3.18. The fraction of sp³-hybridized carbons (Fsp3) is 0.280. The quantitative estimate of drug-likeness (QED) is 0.580. The lowest BCUT2D eigenvalue weighted by Gasteiger charge is -2.27. The molecule has 8 nitrogen and oxygen atoms in total. The number of nitrogens with zero attached hydrogens (tertiary/aromatic N) is 3. The lowest BCUT2D eigenvalue weighted by Crippen LogP contribution is -2.47. The van der Waals surface area contributed by atoms with Crippen LogP contribution in [0, 0.1) is 5.82 Å². The lowest BCUT2D eigenvalue weighted by atomic mass is 10.0. The first-order valence-electron chi connectivity index (χ1n) is 11.5. The van der Waals surface area contributed by atoms with E-state index in [0.29, 0.717) is 10.6 Å². The molecular formula is C25H22ClF2N5O3S. The summed E-state index contributed by atoms with van der Waals surface area (Å²) in [7, 11) is 0. The number of hydrogen-bond acceptors (Lipinski definition) is 6. The number of hydrazone groups is 1. The minimum atomic E-state index is -1.42. The average molecular weight is 546 g/mol. The molecule has 3 aliphatic heterocycles. The summed E-state index contributed by atoms with van der Waals surface area (Å²) < 4.78 is 29.7. The molecule has 3 aliphatic rings. The summed E-state index contributed by atoms with van der Waals surface area (Å²) in [5, 5.41) is 9.97. The summed E-state index contributed by atoms with van der Waals surface area (Å²) in [4.78, 5) is 39.1. The molecule has 2 aromatic carbocycles. The molecule has 5 rings (SSSR count). The van der Waals surface area contributed by atoms with Gasteiger partial charge in [-0.15, -0.1) is 11.8 Å². The number of anilines is 1. The fourth-order valence-electron chi connectivity index (χ4n) is 4.74. The Bertz CT molecular complexity index is 1340. The highest BCUT2D eigenvalue weighted by atomic mass is 35.5. The molecule has 3 amide bonds. The van der Waals surface area contributed by atoms with E-state index in [-0.39, 0.29) is 47.8 Å². The lowest BCUT2D eigenvalue weighted by molar-refractivity contribution is -0.137. The Morgan fingerprint density at radius 2 is 1.92 bits per heavy atom. The first-order chi connectivity index (χ1) is 17.7. The number of thioether (sulfide) groups is 1. The largest absolute Gasteiger partial charge is 0.364 e. The molecule has 0 aliphatic carbocycles. The summed E-state index contributed by atoms with van der Waals surface area (Å²) in [6.07, 6.45) is 0.168. The molecule has 1 fully saturated rings. The molecule has 3 heterocycles. The SMILES string of the molecule is NC(=O)C1=NN(CC(=O)N2C[C@H](F)C[C@H]2C(=O)Nc2cccc(-c3ccccc3Cl)c2F)C2C=CSC12. The van der Waals surface area contributed by atoms with E-state index >= 15 is 4.39 Å². The third kappa shape index (κ3) is 4.80. The molecule has 0 aromatic heterocycles. The van der Waals surface area contributed by atoms with Crippen molar-refractivity contribution in [1.82, 2.24) is 9.91 Å². The van der Waals surface area contributed by atoms with Crippen LogP contribution in [0.15, 0.2) is 59.1 Å². The van der Waals surface area contributed by atoms with Crippen molar-refractivity contribution >= 4 is 52.5 Å². The van der Waals surface area contributed by atoms with Gasteiger partial charge >= 0.3 is 0 Å². The van der Waals surface area contributed by atoms with Crippen molar-refractivity contribution in [3.8, 4) is 11.1 Å². The number of fused-ring (bicyclic) bond motifs is 1. The van der Waals surface area contributed by atoms with Crippen LogP contribution in [0.25, 0.3) is 11.1 Å². The van der Waals surface area contributed by atoms with E-state index in [0.717, 1.165) is 4.90 Å². The number of primary amides is 1. The zero-order valence-corrected chi connectivity index (χ0v) is 20.9. The summed E-state index contributed by atoms with van der Waals surface area (Å²) in [6, 6.07) is 9.73. The number of rotatable bonds is 6. The number of nitrogens with one attached hydrogen (secondary N) is 1. The van der Waals surface area contributed by atoms with E-state index < -0.39 is 35.8 Å². The van der Waals surface area contributed by atoms with Crippen LogP contribution < -0.4 is 11.1 Å². The van der Waals surface area contributed by atoms with Gasteiger partial charge in [-0.2, -0.15) is 5.10 Å². The van der Waals surface area contributed by atoms with Gasteiger partial charge in [-0.05, 0) is 17.5 Å². The molecule has 192 valence electrons. The fourth-order valence-corrected chi connectivity index (χ4v) is 6.08. The first kappa shape index (κ1) is 25.2. The molecule has 12 heteroatoms. The third-order valence-electron chi connectivity index (χ3n) is 6.50. The number of carbonyl (C=O) groups excluding carboxylic acids is 3. The van der Waals surface area contributed by atoms with Gasteiger partial charge in [0.05, 0.1) is 23.5 Å². The van der Waals surface area contributed by atoms with Gasteiger partial charge in [0.25, 0.3) is 5.91 Å². The standard InChI is InChI=1S/C25H22ClF2N5O3S/c26-16-6-2-1-4-14(16)15-5-3-7-17(21(15)28)30-25(36)19-10-13(27)11-32(19)20(34)12-33-18-8-9-37-23(18)22(31-33)24(29)35/h1-9,13,18-19,23H,10-12H2,(H2,29,35)(H,30,36)/t13-,18?,19+,23?/m1/s1. The first-order valence-corrected chi connectivity index (χ1v) is 12.8. The van der Waals surface area contributed by atoms with Gasteiger partial charge < -0.3 is 16.0 Å². The van der Waals surface area contributed by atoms with E-state index in [2.05, 4.69) is 10.4 Å². The minimum absolute atomic E-state index is 0.108. The number of likely N-dealkylation sites (tertiary alicyclic amines) is 1. The van der Waals surface area contributed by atoms with Gasteiger partial charge in [0.15, 0.2) is 5.82 Å². The van der Waals surface area contributed by atoms with Crippen LogP contribution >= 0.6 is 23.4 Å². The van der Waals surface area contributed by atoms with Gasteiger partial charge in [0.2, 0.25) is 11.8 Å². The smallest absolute Gasteiger partial charge is 0.266 e. The van der Waals surface area contributed by atoms with Gasteiger partial charge in [-0.1, -0.05) is 48.0 Å². The van der Waals surface area contributed by atoms with Crippen molar-refractivity contribution < 1.29 is 23.2 Å². The maximum absolute atomic E-state index is 15.3. The van der Waals surface area contributed by atoms with Crippen molar-refractivity contribution in [2.75, 3.05) is 18.4 Å². The van der Waals surface area contributed by atoms with Crippen LogP contribution in [0.5, 0.6) is 0 Å². The van der Waals surface area contributed by atoms with E-state index in [1.54, 1.807) is 35.7 Å². The van der Waals surface area contributed by atoms with E-state index in [1.807, 2.05) is 6.08 Å². The maximum atomic E-state index is 15.3. The van der Waals surface area contributed by atoms with E-state index in [9.17, 15) is 18.8 Å². The Labute approximate surface area is 220 Å². The zero-order valence-electron chi connectivity index (χ0n) is 19.3. The number of benzene rings is 2. The number of carbonyl (C=O) groups is 3. The summed E-state index contributed by atoms with van der Waals surface area (Å²) in [6.45, 7) is -0.548. The maximum Gasteiger partial charge on any atom is 0.266 e. The molecular weight excluding hydrogens is 524 g/mol. The molecule has 0 saturated carbocycles. The van der Waals surface area contributed by atoms with E-state index in [1.165, 1.54) is 28.9 Å². The monoisotopic (exact) mass is 545 g/mol. The number of halogens is 3. The summed E-state index contributed by atoms with van der Waals surface area (Å²) >= 11 is 7.58. The Hall–Kier alpha value is -3.44. The zero-order chi connectivity index (χ0) is 26.3. The molecule has 0 spiro atoms. The second-order valence-electron chi connectivity index (χ2n) is 8.85. The Morgan fingerprint density at radius 3 is 2.68 bits per heavy atom. The van der Waals surface area contributed by atoms with Crippen LogP contribution in [0.1, 0.15) is 6.42 Å². The van der Waals surface area contributed by atoms with Crippen LogP contribution in [0.3, 0.4) is 0 Å².